The zero-order valence-corrected chi connectivity index (χ0v) is 11.6. The zero-order chi connectivity index (χ0) is 13.9. The molecule has 1 saturated heterocycles. The number of rotatable bonds is 3. The number of hydrogen-bond donors (Lipinski definition) is 0. The van der Waals surface area contributed by atoms with Crippen molar-refractivity contribution < 1.29 is 13.2 Å². The fourth-order valence-electron chi connectivity index (χ4n) is 2.12. The van der Waals surface area contributed by atoms with E-state index >= 15 is 0 Å². The summed E-state index contributed by atoms with van der Waals surface area (Å²) < 4.78 is 31.2. The molecule has 1 heterocycles. The number of benzene rings is 1. The summed E-state index contributed by atoms with van der Waals surface area (Å²) >= 11 is 0. The highest BCUT2D eigenvalue weighted by molar-refractivity contribution is 7.89. The van der Waals surface area contributed by atoms with E-state index in [0.29, 0.717) is 31.7 Å². The molecule has 1 aliphatic rings. The van der Waals surface area contributed by atoms with Gasteiger partial charge in [0.2, 0.25) is 10.0 Å². The summed E-state index contributed by atoms with van der Waals surface area (Å²) in [6.45, 7) is 0.819. The highest BCUT2D eigenvalue weighted by Gasteiger charge is 2.29. The minimum atomic E-state index is -3.45. The number of piperidine rings is 1. The molecule has 1 aromatic rings. The number of nitriles is 1. The maximum absolute atomic E-state index is 12.4. The molecule has 0 saturated carbocycles. The molecule has 0 amide bonds. The third-order valence-corrected chi connectivity index (χ3v) is 5.25. The molecule has 0 atom stereocenters. The van der Waals surface area contributed by atoms with Gasteiger partial charge >= 0.3 is 0 Å². The lowest BCUT2D eigenvalue weighted by Gasteiger charge is -2.28. The first kappa shape index (κ1) is 13.8. The summed E-state index contributed by atoms with van der Waals surface area (Å²) in [5.74, 6) is 0.601. The van der Waals surface area contributed by atoms with Crippen molar-refractivity contribution in [3.8, 4) is 11.8 Å². The topological polar surface area (TPSA) is 70.4 Å². The van der Waals surface area contributed by atoms with Crippen LogP contribution in [0.2, 0.25) is 0 Å². The van der Waals surface area contributed by atoms with Crippen LogP contribution in [0.25, 0.3) is 0 Å². The quantitative estimate of drug-likeness (QED) is 0.843. The first-order valence-electron chi connectivity index (χ1n) is 6.12. The van der Waals surface area contributed by atoms with Crippen LogP contribution in [0.4, 0.5) is 0 Å². The van der Waals surface area contributed by atoms with Gasteiger partial charge in [-0.15, -0.1) is 0 Å². The number of ether oxygens (including phenoxy) is 1. The van der Waals surface area contributed by atoms with Crippen molar-refractivity contribution in [2.75, 3.05) is 20.2 Å². The predicted octanol–water partition coefficient (Wildman–Crippen LogP) is 1.62. The maximum Gasteiger partial charge on any atom is 0.243 e. The molecular formula is C13H16N2O3S. The van der Waals surface area contributed by atoms with Gasteiger partial charge in [0.25, 0.3) is 0 Å². The second kappa shape index (κ2) is 5.59. The van der Waals surface area contributed by atoms with Crippen LogP contribution in [0.15, 0.2) is 29.2 Å². The van der Waals surface area contributed by atoms with Crippen LogP contribution in [0.5, 0.6) is 5.75 Å². The number of nitrogens with zero attached hydrogens (tertiary/aromatic N) is 2. The smallest absolute Gasteiger partial charge is 0.243 e. The molecule has 0 bridgehead atoms. The lowest BCUT2D eigenvalue weighted by molar-refractivity contribution is 0.310. The van der Waals surface area contributed by atoms with Gasteiger partial charge in [-0.1, -0.05) is 0 Å². The van der Waals surface area contributed by atoms with Crippen molar-refractivity contribution in [1.82, 2.24) is 4.31 Å². The van der Waals surface area contributed by atoms with Crippen molar-refractivity contribution in [3.05, 3.63) is 24.3 Å². The Morgan fingerprint density at radius 2 is 1.84 bits per heavy atom. The van der Waals surface area contributed by atoms with Gasteiger partial charge in [0.15, 0.2) is 0 Å². The van der Waals surface area contributed by atoms with Gasteiger partial charge in [-0.2, -0.15) is 9.57 Å². The molecule has 0 radical (unpaired) electrons. The summed E-state index contributed by atoms with van der Waals surface area (Å²) in [4.78, 5) is 0.267. The molecule has 1 aliphatic heterocycles. The van der Waals surface area contributed by atoms with Crippen LogP contribution in [-0.4, -0.2) is 32.9 Å². The van der Waals surface area contributed by atoms with Gasteiger partial charge in [-0.25, -0.2) is 8.42 Å². The van der Waals surface area contributed by atoms with Crippen LogP contribution in [0.1, 0.15) is 12.8 Å². The molecule has 102 valence electrons. The van der Waals surface area contributed by atoms with Gasteiger partial charge in [-0.05, 0) is 37.1 Å². The van der Waals surface area contributed by atoms with Gasteiger partial charge in [-0.3, -0.25) is 0 Å². The van der Waals surface area contributed by atoms with Crippen molar-refractivity contribution in [2.45, 2.75) is 17.7 Å². The Kier molecular flexibility index (Phi) is 4.08. The average molecular weight is 280 g/mol. The number of sulfonamides is 1. The van der Waals surface area contributed by atoms with Crippen molar-refractivity contribution in [1.29, 1.82) is 5.26 Å². The minimum absolute atomic E-state index is 0.0256. The minimum Gasteiger partial charge on any atom is -0.497 e. The fourth-order valence-corrected chi connectivity index (χ4v) is 3.59. The molecule has 0 spiro atoms. The number of hydrogen-bond acceptors (Lipinski definition) is 4. The lowest BCUT2D eigenvalue weighted by atomic mass is 10.0. The first-order chi connectivity index (χ1) is 9.07. The third-order valence-electron chi connectivity index (χ3n) is 3.33. The molecule has 6 heteroatoms. The summed E-state index contributed by atoms with van der Waals surface area (Å²) in [5, 5.41) is 8.82. The van der Waals surface area contributed by atoms with E-state index in [1.54, 1.807) is 24.3 Å². The molecule has 0 aromatic heterocycles. The molecule has 1 fully saturated rings. The predicted molar refractivity (Wildman–Crippen MR) is 70.1 cm³/mol. The molecule has 19 heavy (non-hydrogen) atoms. The van der Waals surface area contributed by atoms with Crippen LogP contribution < -0.4 is 4.74 Å². The molecule has 2 rings (SSSR count). The summed E-state index contributed by atoms with van der Waals surface area (Å²) in [6.07, 6.45) is 1.21. The van der Waals surface area contributed by atoms with E-state index in [1.165, 1.54) is 11.4 Å². The highest BCUT2D eigenvalue weighted by Crippen LogP contribution is 2.24. The van der Waals surface area contributed by atoms with Gasteiger partial charge < -0.3 is 4.74 Å². The van der Waals surface area contributed by atoms with E-state index in [4.69, 9.17) is 10.00 Å². The van der Waals surface area contributed by atoms with Crippen LogP contribution >= 0.6 is 0 Å². The largest absolute Gasteiger partial charge is 0.497 e. The van der Waals surface area contributed by atoms with E-state index in [0.717, 1.165) is 0 Å². The molecule has 1 aromatic carbocycles. The van der Waals surface area contributed by atoms with E-state index < -0.39 is 10.0 Å². The van der Waals surface area contributed by atoms with Gasteiger partial charge in [0.05, 0.1) is 18.1 Å². The van der Waals surface area contributed by atoms with E-state index in [2.05, 4.69) is 6.07 Å². The van der Waals surface area contributed by atoms with Crippen molar-refractivity contribution >= 4 is 10.0 Å². The van der Waals surface area contributed by atoms with Gasteiger partial charge in [0, 0.05) is 19.0 Å². The van der Waals surface area contributed by atoms with Gasteiger partial charge in [0.1, 0.15) is 5.75 Å². The molecule has 5 nitrogen and oxygen atoms in total. The standard InChI is InChI=1S/C13H16N2O3S/c1-18-12-2-4-13(5-3-12)19(16,17)15-8-6-11(10-14)7-9-15/h2-5,11H,6-9H2,1H3. The first-order valence-corrected chi connectivity index (χ1v) is 7.56. The summed E-state index contributed by atoms with van der Waals surface area (Å²) in [7, 11) is -1.91. The van der Waals surface area contributed by atoms with Crippen molar-refractivity contribution in [2.24, 2.45) is 5.92 Å². The Bertz CT molecular complexity index is 567. The normalized spacial score (nSPS) is 17.9. The Balaban J connectivity index is 2.16. The fraction of sp³-hybridized carbons (Fsp3) is 0.462. The van der Waals surface area contributed by atoms with Crippen LogP contribution in [0.3, 0.4) is 0 Å². The SMILES string of the molecule is COc1ccc(S(=O)(=O)N2CCC(C#N)CC2)cc1. The summed E-state index contributed by atoms with van der Waals surface area (Å²) in [6, 6.07) is 8.55. The van der Waals surface area contributed by atoms with E-state index in [9.17, 15) is 8.42 Å². The zero-order valence-electron chi connectivity index (χ0n) is 10.7. The maximum atomic E-state index is 12.4. The molecular weight excluding hydrogens is 264 g/mol. The second-order valence-electron chi connectivity index (χ2n) is 4.48. The number of methoxy groups -OCH3 is 1. The van der Waals surface area contributed by atoms with E-state index in [1.807, 2.05) is 0 Å². The molecule has 0 aliphatic carbocycles. The van der Waals surface area contributed by atoms with Crippen LogP contribution in [0, 0.1) is 17.2 Å². The Morgan fingerprint density at radius 3 is 2.32 bits per heavy atom. The lowest BCUT2D eigenvalue weighted by Crippen LogP contribution is -2.38. The van der Waals surface area contributed by atoms with Crippen molar-refractivity contribution in [3.63, 3.8) is 0 Å². The Labute approximate surface area is 113 Å². The van der Waals surface area contributed by atoms with Crippen LogP contribution in [-0.2, 0) is 10.0 Å². The summed E-state index contributed by atoms with van der Waals surface area (Å²) in [5.41, 5.74) is 0. The average Bonchev–Trinajstić information content (AvgIpc) is 2.47. The Morgan fingerprint density at radius 1 is 1.26 bits per heavy atom. The highest BCUT2D eigenvalue weighted by atomic mass is 32.2. The second-order valence-corrected chi connectivity index (χ2v) is 6.42. The third kappa shape index (κ3) is 2.88. The van der Waals surface area contributed by atoms with E-state index in [-0.39, 0.29) is 10.8 Å². The molecule has 0 unspecified atom stereocenters. The monoisotopic (exact) mass is 280 g/mol. The molecule has 0 N–H and O–H groups in total. The Hall–Kier alpha value is -1.58.